The molecule has 0 aromatic heterocycles. The molecule has 2 atom stereocenters. The minimum Gasteiger partial charge on any atom is -0.497 e. The van der Waals surface area contributed by atoms with E-state index in [0.717, 1.165) is 6.42 Å². The number of hydrogen-bond acceptors (Lipinski definition) is 4. The first kappa shape index (κ1) is 14.5. The molecule has 0 radical (unpaired) electrons. The number of methoxy groups -OCH3 is 2. The summed E-state index contributed by atoms with van der Waals surface area (Å²) in [5, 5.41) is 0. The molecule has 4 heteroatoms. The van der Waals surface area contributed by atoms with Crippen LogP contribution in [0.4, 0.5) is 0 Å². The number of carbonyl (C=O) groups excluding carboxylic acids is 1. The average Bonchev–Trinajstić information content (AvgIpc) is 2.43. The highest BCUT2D eigenvalue weighted by molar-refractivity contribution is 6.02. The van der Waals surface area contributed by atoms with Crippen LogP contribution in [-0.2, 0) is 0 Å². The fraction of sp³-hybridized carbons (Fsp3) is 0.500. The molecule has 0 spiro atoms. The molecule has 18 heavy (non-hydrogen) atoms. The third-order valence-corrected chi connectivity index (χ3v) is 3.23. The lowest BCUT2D eigenvalue weighted by atomic mass is 9.92. The lowest BCUT2D eigenvalue weighted by molar-refractivity contribution is 0.0932. The van der Waals surface area contributed by atoms with Crippen molar-refractivity contribution in [3.63, 3.8) is 0 Å². The Kier molecular flexibility index (Phi) is 5.16. The second-order valence-electron chi connectivity index (χ2n) is 4.34. The van der Waals surface area contributed by atoms with Gasteiger partial charge in [0.15, 0.2) is 5.78 Å². The number of nitrogens with two attached hydrogens (primary N) is 1. The molecule has 0 aliphatic carbocycles. The molecule has 0 bridgehead atoms. The van der Waals surface area contributed by atoms with E-state index >= 15 is 0 Å². The van der Waals surface area contributed by atoms with Crippen LogP contribution < -0.4 is 15.2 Å². The molecule has 0 aliphatic rings. The van der Waals surface area contributed by atoms with Crippen molar-refractivity contribution in [3.05, 3.63) is 23.8 Å². The standard InChI is InChI=1S/C14H21NO3/c1-5-9(2)13(15)14(16)11-7-6-10(17-3)8-12(11)18-4/h6-9,13H,5,15H2,1-4H3. The molecule has 0 heterocycles. The first-order chi connectivity index (χ1) is 8.54. The monoisotopic (exact) mass is 251 g/mol. The van der Waals surface area contributed by atoms with Crippen molar-refractivity contribution in [2.24, 2.45) is 11.7 Å². The van der Waals surface area contributed by atoms with Crippen LogP contribution in [-0.4, -0.2) is 26.0 Å². The van der Waals surface area contributed by atoms with Crippen molar-refractivity contribution in [2.75, 3.05) is 14.2 Å². The van der Waals surface area contributed by atoms with Gasteiger partial charge in [-0.2, -0.15) is 0 Å². The zero-order chi connectivity index (χ0) is 13.7. The maximum Gasteiger partial charge on any atom is 0.183 e. The van der Waals surface area contributed by atoms with Gasteiger partial charge in [0.1, 0.15) is 11.5 Å². The van der Waals surface area contributed by atoms with E-state index in [1.807, 2.05) is 13.8 Å². The van der Waals surface area contributed by atoms with Crippen LogP contribution in [0.1, 0.15) is 30.6 Å². The van der Waals surface area contributed by atoms with Gasteiger partial charge in [-0.1, -0.05) is 20.3 Å². The second kappa shape index (κ2) is 6.40. The summed E-state index contributed by atoms with van der Waals surface area (Å²) in [6.45, 7) is 3.99. The van der Waals surface area contributed by atoms with Crippen LogP contribution >= 0.6 is 0 Å². The van der Waals surface area contributed by atoms with Crippen molar-refractivity contribution < 1.29 is 14.3 Å². The summed E-state index contributed by atoms with van der Waals surface area (Å²) in [7, 11) is 3.10. The van der Waals surface area contributed by atoms with E-state index in [1.54, 1.807) is 25.3 Å². The highest BCUT2D eigenvalue weighted by Crippen LogP contribution is 2.26. The fourth-order valence-corrected chi connectivity index (χ4v) is 1.69. The Balaban J connectivity index is 3.05. The quantitative estimate of drug-likeness (QED) is 0.788. The van der Waals surface area contributed by atoms with Crippen molar-refractivity contribution in [3.8, 4) is 11.5 Å². The molecule has 0 aliphatic heterocycles. The van der Waals surface area contributed by atoms with Crippen LogP contribution in [0.5, 0.6) is 11.5 Å². The van der Waals surface area contributed by atoms with Crippen LogP contribution in [0.25, 0.3) is 0 Å². The summed E-state index contributed by atoms with van der Waals surface area (Å²) < 4.78 is 10.3. The Bertz CT molecular complexity index is 418. The molecule has 1 aromatic carbocycles. The summed E-state index contributed by atoms with van der Waals surface area (Å²) in [6, 6.07) is 4.62. The molecule has 0 fully saturated rings. The largest absolute Gasteiger partial charge is 0.497 e. The van der Waals surface area contributed by atoms with Gasteiger partial charge in [-0.3, -0.25) is 4.79 Å². The zero-order valence-electron chi connectivity index (χ0n) is 11.4. The Labute approximate surface area is 108 Å². The number of hydrogen-bond donors (Lipinski definition) is 1. The van der Waals surface area contributed by atoms with E-state index in [4.69, 9.17) is 15.2 Å². The molecule has 0 saturated heterocycles. The number of rotatable bonds is 6. The Morgan fingerprint density at radius 1 is 1.33 bits per heavy atom. The van der Waals surface area contributed by atoms with Crippen molar-refractivity contribution in [1.82, 2.24) is 0 Å². The maximum atomic E-state index is 12.3. The van der Waals surface area contributed by atoms with Crippen LogP contribution in [0.2, 0.25) is 0 Å². The lowest BCUT2D eigenvalue weighted by Gasteiger charge is -2.18. The number of Topliss-reactive ketones (excluding diaryl/α,β-unsaturated/α-hetero) is 1. The van der Waals surface area contributed by atoms with Crippen LogP contribution in [0.3, 0.4) is 0 Å². The maximum absolute atomic E-state index is 12.3. The van der Waals surface area contributed by atoms with Gasteiger partial charge in [0.25, 0.3) is 0 Å². The van der Waals surface area contributed by atoms with Gasteiger partial charge in [-0.05, 0) is 18.1 Å². The molecule has 1 rings (SSSR count). The number of ketones is 1. The highest BCUT2D eigenvalue weighted by atomic mass is 16.5. The smallest absolute Gasteiger partial charge is 0.183 e. The summed E-state index contributed by atoms with van der Waals surface area (Å²) in [5.41, 5.74) is 6.47. The summed E-state index contributed by atoms with van der Waals surface area (Å²) in [4.78, 5) is 12.3. The van der Waals surface area contributed by atoms with Gasteiger partial charge in [-0.25, -0.2) is 0 Å². The molecule has 0 amide bonds. The topological polar surface area (TPSA) is 61.6 Å². The summed E-state index contributed by atoms with van der Waals surface area (Å²) >= 11 is 0. The minimum atomic E-state index is -0.503. The fourth-order valence-electron chi connectivity index (χ4n) is 1.69. The predicted molar refractivity (Wildman–Crippen MR) is 71.3 cm³/mol. The third-order valence-electron chi connectivity index (χ3n) is 3.23. The summed E-state index contributed by atoms with van der Waals surface area (Å²) in [6.07, 6.45) is 0.866. The van der Waals surface area contributed by atoms with Crippen molar-refractivity contribution in [2.45, 2.75) is 26.3 Å². The van der Waals surface area contributed by atoms with E-state index in [9.17, 15) is 4.79 Å². The first-order valence-electron chi connectivity index (χ1n) is 6.06. The molecule has 2 N–H and O–H groups in total. The lowest BCUT2D eigenvalue weighted by Crippen LogP contribution is -2.36. The molecule has 0 saturated carbocycles. The normalized spacial score (nSPS) is 13.8. The van der Waals surface area contributed by atoms with Gasteiger partial charge in [-0.15, -0.1) is 0 Å². The number of ether oxygens (including phenoxy) is 2. The van der Waals surface area contributed by atoms with E-state index < -0.39 is 6.04 Å². The predicted octanol–water partition coefficient (Wildman–Crippen LogP) is 2.26. The van der Waals surface area contributed by atoms with Crippen LogP contribution in [0.15, 0.2) is 18.2 Å². The number of benzene rings is 1. The minimum absolute atomic E-state index is 0.0937. The number of carbonyl (C=O) groups is 1. The molecular weight excluding hydrogens is 230 g/mol. The second-order valence-corrected chi connectivity index (χ2v) is 4.34. The van der Waals surface area contributed by atoms with Crippen molar-refractivity contribution in [1.29, 1.82) is 0 Å². The SMILES string of the molecule is CCC(C)C(N)C(=O)c1ccc(OC)cc1OC. The molecule has 100 valence electrons. The van der Waals surface area contributed by atoms with E-state index in [2.05, 4.69) is 0 Å². The van der Waals surface area contributed by atoms with Crippen molar-refractivity contribution >= 4 is 5.78 Å². The van der Waals surface area contributed by atoms with Gasteiger partial charge in [0, 0.05) is 6.07 Å². The van der Waals surface area contributed by atoms with Crippen LogP contribution in [0, 0.1) is 5.92 Å². The van der Waals surface area contributed by atoms with E-state index in [-0.39, 0.29) is 11.7 Å². The molecular formula is C14H21NO3. The van der Waals surface area contributed by atoms with Gasteiger partial charge in [0.05, 0.1) is 25.8 Å². The molecule has 2 unspecified atom stereocenters. The highest BCUT2D eigenvalue weighted by Gasteiger charge is 2.23. The molecule has 1 aromatic rings. The van der Waals surface area contributed by atoms with Gasteiger partial charge >= 0.3 is 0 Å². The average molecular weight is 251 g/mol. The zero-order valence-corrected chi connectivity index (χ0v) is 11.4. The first-order valence-corrected chi connectivity index (χ1v) is 6.06. The Morgan fingerprint density at radius 3 is 2.50 bits per heavy atom. The van der Waals surface area contributed by atoms with Gasteiger partial charge in [0.2, 0.25) is 0 Å². The van der Waals surface area contributed by atoms with E-state index in [1.165, 1.54) is 7.11 Å². The Morgan fingerprint density at radius 2 is 2.00 bits per heavy atom. The Hall–Kier alpha value is -1.55. The third kappa shape index (κ3) is 3.01. The summed E-state index contributed by atoms with van der Waals surface area (Å²) in [5.74, 6) is 1.20. The van der Waals surface area contributed by atoms with Gasteiger partial charge < -0.3 is 15.2 Å². The van der Waals surface area contributed by atoms with E-state index in [0.29, 0.717) is 17.1 Å². The molecule has 4 nitrogen and oxygen atoms in total.